The number of hydrogen-bond acceptors (Lipinski definition) is 4. The van der Waals surface area contributed by atoms with Crippen molar-refractivity contribution in [3.63, 3.8) is 0 Å². The monoisotopic (exact) mass is 324 g/mol. The molecule has 0 saturated carbocycles. The van der Waals surface area contributed by atoms with Crippen molar-refractivity contribution in [2.45, 2.75) is 19.8 Å². The zero-order valence-corrected chi connectivity index (χ0v) is 13.3. The maximum absolute atomic E-state index is 12.3. The van der Waals surface area contributed by atoms with E-state index in [1.807, 2.05) is 13.0 Å². The summed E-state index contributed by atoms with van der Waals surface area (Å²) in [7, 11) is 0. The molecule has 1 heterocycles. The van der Waals surface area contributed by atoms with Crippen LogP contribution in [-0.2, 0) is 4.79 Å². The molecular formula is C14H17ClN4OS. The van der Waals surface area contributed by atoms with Crippen LogP contribution in [0.5, 0.6) is 0 Å². The number of likely N-dealkylation sites (tertiary alicyclic amines) is 1. The molecule has 1 aliphatic heterocycles. The van der Waals surface area contributed by atoms with Gasteiger partial charge in [0.05, 0.1) is 5.69 Å². The van der Waals surface area contributed by atoms with Crippen LogP contribution in [0.3, 0.4) is 0 Å². The molecule has 0 aliphatic carbocycles. The van der Waals surface area contributed by atoms with Crippen LogP contribution in [0.25, 0.3) is 0 Å². The van der Waals surface area contributed by atoms with Crippen LogP contribution < -0.4 is 11.2 Å². The van der Waals surface area contributed by atoms with Crippen molar-refractivity contribution < 1.29 is 4.79 Å². The van der Waals surface area contributed by atoms with Gasteiger partial charge in [0.25, 0.3) is 5.91 Å². The van der Waals surface area contributed by atoms with E-state index >= 15 is 0 Å². The van der Waals surface area contributed by atoms with Gasteiger partial charge in [0.2, 0.25) is 0 Å². The number of hydrogen-bond donors (Lipinski definition) is 2. The number of nitrogens with two attached hydrogens (primary N) is 1. The van der Waals surface area contributed by atoms with Gasteiger partial charge in [0, 0.05) is 18.1 Å². The standard InChI is InChI=1S/C14H17ClN4OS/c1-9-10(15)5-4-6-11(9)17-18-12(13(16)21)14(20)19-7-2-3-8-19/h4-6,17H,2-3,7-8H2,1H3,(H2,16,21). The summed E-state index contributed by atoms with van der Waals surface area (Å²) in [5.74, 6) is -0.229. The van der Waals surface area contributed by atoms with Crippen LogP contribution in [0.1, 0.15) is 18.4 Å². The maximum Gasteiger partial charge on any atom is 0.277 e. The van der Waals surface area contributed by atoms with Crippen molar-refractivity contribution in [3.8, 4) is 0 Å². The number of nitrogens with one attached hydrogen (secondary N) is 1. The number of carbonyl (C=O) groups is 1. The second-order valence-corrected chi connectivity index (χ2v) is 5.70. The molecule has 7 heteroatoms. The van der Waals surface area contributed by atoms with Gasteiger partial charge in [-0.25, -0.2) is 0 Å². The number of halogens is 1. The Bertz CT molecular complexity index is 597. The average molecular weight is 325 g/mol. The molecule has 2 rings (SSSR count). The van der Waals surface area contributed by atoms with E-state index in [4.69, 9.17) is 29.6 Å². The summed E-state index contributed by atoms with van der Waals surface area (Å²) in [6, 6.07) is 5.41. The van der Waals surface area contributed by atoms with Crippen molar-refractivity contribution in [1.82, 2.24) is 4.90 Å². The SMILES string of the molecule is Cc1c(Cl)cccc1NN=C(C(=O)N1CCCC1)C(N)=S. The molecule has 1 amide bonds. The number of thiocarbonyl (C=S) groups is 1. The van der Waals surface area contributed by atoms with E-state index in [0.717, 1.165) is 31.5 Å². The van der Waals surface area contributed by atoms with Gasteiger partial charge < -0.3 is 10.6 Å². The molecular weight excluding hydrogens is 308 g/mol. The Labute approximate surface area is 134 Å². The summed E-state index contributed by atoms with van der Waals surface area (Å²) < 4.78 is 0. The fraction of sp³-hybridized carbons (Fsp3) is 0.357. The zero-order valence-electron chi connectivity index (χ0n) is 11.7. The highest BCUT2D eigenvalue weighted by Gasteiger charge is 2.24. The van der Waals surface area contributed by atoms with Crippen molar-refractivity contribution >= 4 is 46.1 Å². The Morgan fingerprint density at radius 1 is 1.43 bits per heavy atom. The van der Waals surface area contributed by atoms with Crippen LogP contribution in [-0.4, -0.2) is 34.6 Å². The first kappa shape index (κ1) is 15.7. The minimum absolute atomic E-state index is 0.0147. The molecule has 3 N–H and O–H groups in total. The Hall–Kier alpha value is -1.66. The van der Waals surface area contributed by atoms with Crippen molar-refractivity contribution in [1.29, 1.82) is 0 Å². The van der Waals surface area contributed by atoms with Crippen molar-refractivity contribution in [2.75, 3.05) is 18.5 Å². The summed E-state index contributed by atoms with van der Waals surface area (Å²) in [5.41, 5.74) is 10.1. The van der Waals surface area contributed by atoms with E-state index < -0.39 is 0 Å². The third-order valence-electron chi connectivity index (χ3n) is 3.39. The lowest BCUT2D eigenvalue weighted by Gasteiger charge is -2.16. The Balaban J connectivity index is 2.20. The minimum atomic E-state index is -0.229. The molecule has 112 valence electrons. The van der Waals surface area contributed by atoms with Gasteiger partial charge in [0.1, 0.15) is 4.99 Å². The van der Waals surface area contributed by atoms with Crippen LogP contribution in [0.2, 0.25) is 5.02 Å². The largest absolute Gasteiger partial charge is 0.388 e. The second kappa shape index (κ2) is 6.87. The number of anilines is 1. The van der Waals surface area contributed by atoms with Gasteiger partial charge in [-0.1, -0.05) is 29.9 Å². The number of carbonyl (C=O) groups excluding carboxylic acids is 1. The Morgan fingerprint density at radius 3 is 2.71 bits per heavy atom. The van der Waals surface area contributed by atoms with Gasteiger partial charge in [-0.2, -0.15) is 5.10 Å². The van der Waals surface area contributed by atoms with Gasteiger partial charge in [-0.05, 0) is 37.5 Å². The maximum atomic E-state index is 12.3. The summed E-state index contributed by atoms with van der Waals surface area (Å²) >= 11 is 11.0. The lowest BCUT2D eigenvalue weighted by Crippen LogP contribution is -2.40. The minimum Gasteiger partial charge on any atom is -0.388 e. The highest BCUT2D eigenvalue weighted by molar-refractivity contribution is 7.82. The first-order valence-corrected chi connectivity index (χ1v) is 7.47. The number of rotatable bonds is 4. The number of benzene rings is 1. The average Bonchev–Trinajstić information content (AvgIpc) is 2.97. The van der Waals surface area contributed by atoms with E-state index in [-0.39, 0.29) is 16.6 Å². The molecule has 1 aliphatic rings. The summed E-state index contributed by atoms with van der Waals surface area (Å²) in [6.45, 7) is 3.30. The van der Waals surface area contributed by atoms with Crippen molar-refractivity contribution in [3.05, 3.63) is 28.8 Å². The highest BCUT2D eigenvalue weighted by atomic mass is 35.5. The summed E-state index contributed by atoms with van der Waals surface area (Å²) in [4.78, 5) is 14.0. The van der Waals surface area contributed by atoms with Gasteiger partial charge >= 0.3 is 0 Å². The number of nitrogens with zero attached hydrogens (tertiary/aromatic N) is 2. The van der Waals surface area contributed by atoms with Gasteiger partial charge in [-0.3, -0.25) is 10.2 Å². The molecule has 0 radical (unpaired) electrons. The summed E-state index contributed by atoms with van der Waals surface area (Å²) in [6.07, 6.45) is 1.99. The summed E-state index contributed by atoms with van der Waals surface area (Å²) in [5, 5.41) is 4.71. The molecule has 0 atom stereocenters. The molecule has 1 saturated heterocycles. The first-order chi connectivity index (χ1) is 10.0. The molecule has 1 aromatic rings. The van der Waals surface area contributed by atoms with Gasteiger partial charge in [0.15, 0.2) is 5.71 Å². The molecule has 21 heavy (non-hydrogen) atoms. The Kier molecular flexibility index (Phi) is 5.14. The lowest BCUT2D eigenvalue weighted by atomic mass is 10.2. The van der Waals surface area contributed by atoms with Crippen LogP contribution in [0.15, 0.2) is 23.3 Å². The molecule has 0 unspecified atom stereocenters. The first-order valence-electron chi connectivity index (χ1n) is 6.68. The van der Waals surface area contributed by atoms with Crippen LogP contribution in [0.4, 0.5) is 5.69 Å². The topological polar surface area (TPSA) is 70.7 Å². The van der Waals surface area contributed by atoms with Gasteiger partial charge in [-0.15, -0.1) is 0 Å². The third-order valence-corrected chi connectivity index (χ3v) is 3.99. The quantitative estimate of drug-likeness (QED) is 0.506. The molecule has 0 spiro atoms. The zero-order chi connectivity index (χ0) is 15.4. The lowest BCUT2D eigenvalue weighted by molar-refractivity contribution is -0.122. The van der Waals surface area contributed by atoms with E-state index in [0.29, 0.717) is 10.7 Å². The Morgan fingerprint density at radius 2 is 2.10 bits per heavy atom. The fourth-order valence-electron chi connectivity index (χ4n) is 2.12. The van der Waals surface area contributed by atoms with Crippen LogP contribution in [0, 0.1) is 6.92 Å². The van der Waals surface area contributed by atoms with E-state index in [2.05, 4.69) is 10.5 Å². The van der Waals surface area contributed by atoms with E-state index in [9.17, 15) is 4.79 Å². The third kappa shape index (κ3) is 3.71. The molecule has 0 aromatic heterocycles. The van der Waals surface area contributed by atoms with Crippen LogP contribution >= 0.6 is 23.8 Å². The predicted molar refractivity (Wildman–Crippen MR) is 89.8 cm³/mol. The number of hydrazone groups is 1. The molecule has 1 aromatic carbocycles. The fourth-order valence-corrected chi connectivity index (χ4v) is 2.43. The number of amides is 1. The normalized spacial score (nSPS) is 15.1. The smallest absolute Gasteiger partial charge is 0.277 e. The van der Waals surface area contributed by atoms with E-state index in [1.165, 1.54) is 0 Å². The van der Waals surface area contributed by atoms with Crippen molar-refractivity contribution in [2.24, 2.45) is 10.8 Å². The molecule has 1 fully saturated rings. The highest BCUT2D eigenvalue weighted by Crippen LogP contribution is 2.22. The predicted octanol–water partition coefficient (Wildman–Crippen LogP) is 2.32. The second-order valence-electron chi connectivity index (χ2n) is 4.85. The van der Waals surface area contributed by atoms with E-state index in [1.54, 1.807) is 17.0 Å². The molecule has 5 nitrogen and oxygen atoms in total. The molecule has 0 bridgehead atoms.